The predicted molar refractivity (Wildman–Crippen MR) is 52.8 cm³/mol. The highest BCUT2D eigenvalue weighted by Gasteiger charge is 2.49. The molecule has 0 aromatic carbocycles. The molecule has 14 heavy (non-hydrogen) atoms. The molecule has 4 nitrogen and oxygen atoms in total. The van der Waals surface area contributed by atoms with Crippen molar-refractivity contribution >= 4 is 0 Å². The predicted octanol–water partition coefficient (Wildman–Crippen LogP) is 1.30. The Hall–Kier alpha value is -0.900. The SMILES string of the molecule is CCn1c(CO)nnc1C1CC1(C)C. The van der Waals surface area contributed by atoms with Gasteiger partial charge in [0.15, 0.2) is 5.82 Å². The lowest BCUT2D eigenvalue weighted by Crippen LogP contribution is -2.06. The molecule has 0 radical (unpaired) electrons. The molecule has 1 aliphatic rings. The topological polar surface area (TPSA) is 50.9 Å². The molecule has 1 saturated carbocycles. The van der Waals surface area contributed by atoms with Crippen LogP contribution in [0.3, 0.4) is 0 Å². The van der Waals surface area contributed by atoms with Gasteiger partial charge >= 0.3 is 0 Å². The molecule has 0 spiro atoms. The number of aliphatic hydroxyl groups excluding tert-OH is 1. The van der Waals surface area contributed by atoms with Crippen LogP contribution in [-0.2, 0) is 13.2 Å². The van der Waals surface area contributed by atoms with Crippen molar-refractivity contribution in [2.24, 2.45) is 5.41 Å². The summed E-state index contributed by atoms with van der Waals surface area (Å²) in [6.45, 7) is 7.36. The molecule has 4 heteroatoms. The maximum Gasteiger partial charge on any atom is 0.158 e. The van der Waals surface area contributed by atoms with Crippen molar-refractivity contribution in [1.82, 2.24) is 14.8 Å². The third kappa shape index (κ3) is 1.34. The van der Waals surface area contributed by atoms with Gasteiger partial charge in [-0.25, -0.2) is 0 Å². The maximum atomic E-state index is 9.07. The van der Waals surface area contributed by atoms with Crippen molar-refractivity contribution < 1.29 is 5.11 Å². The summed E-state index contributed by atoms with van der Waals surface area (Å²) in [7, 11) is 0. The zero-order valence-corrected chi connectivity index (χ0v) is 8.99. The highest BCUT2D eigenvalue weighted by molar-refractivity contribution is 5.16. The number of nitrogens with zero attached hydrogens (tertiary/aromatic N) is 3. The molecule has 78 valence electrons. The fraction of sp³-hybridized carbons (Fsp3) is 0.800. The lowest BCUT2D eigenvalue weighted by molar-refractivity contribution is 0.264. The minimum Gasteiger partial charge on any atom is -0.388 e. The van der Waals surface area contributed by atoms with Crippen LogP contribution < -0.4 is 0 Å². The molecular weight excluding hydrogens is 178 g/mol. The molecule has 0 bridgehead atoms. The highest BCUT2D eigenvalue weighted by Crippen LogP contribution is 2.57. The summed E-state index contributed by atoms with van der Waals surface area (Å²) in [5, 5.41) is 17.2. The van der Waals surface area contributed by atoms with Crippen LogP contribution in [0.2, 0.25) is 0 Å². The summed E-state index contributed by atoms with van der Waals surface area (Å²) in [5.74, 6) is 2.25. The van der Waals surface area contributed by atoms with Crippen LogP contribution in [0.5, 0.6) is 0 Å². The van der Waals surface area contributed by atoms with Gasteiger partial charge in [-0.3, -0.25) is 0 Å². The number of rotatable bonds is 3. The Bertz CT molecular complexity index is 343. The molecule has 0 aliphatic heterocycles. The van der Waals surface area contributed by atoms with Gasteiger partial charge in [0.05, 0.1) is 0 Å². The Labute approximate surface area is 84.0 Å². The number of hydrogen-bond donors (Lipinski definition) is 1. The Balaban J connectivity index is 2.31. The van der Waals surface area contributed by atoms with Crippen LogP contribution in [0.15, 0.2) is 0 Å². The first-order valence-electron chi connectivity index (χ1n) is 5.13. The van der Waals surface area contributed by atoms with Gasteiger partial charge < -0.3 is 9.67 Å². The van der Waals surface area contributed by atoms with Gasteiger partial charge in [0.1, 0.15) is 12.4 Å². The minimum atomic E-state index is -0.0199. The maximum absolute atomic E-state index is 9.07. The molecular formula is C10H17N3O. The van der Waals surface area contributed by atoms with Crippen molar-refractivity contribution in [3.8, 4) is 0 Å². The van der Waals surface area contributed by atoms with E-state index in [0.717, 1.165) is 12.4 Å². The van der Waals surface area contributed by atoms with Crippen LogP contribution in [0, 0.1) is 5.41 Å². The van der Waals surface area contributed by atoms with Crippen molar-refractivity contribution in [2.45, 2.75) is 46.3 Å². The molecule has 1 heterocycles. The second-order valence-corrected chi connectivity index (χ2v) is 4.62. The molecule has 1 N–H and O–H groups in total. The summed E-state index contributed by atoms with van der Waals surface area (Å²) in [6.07, 6.45) is 1.18. The first-order chi connectivity index (χ1) is 6.60. The Morgan fingerprint density at radius 3 is 2.57 bits per heavy atom. The normalized spacial score (nSPS) is 23.9. The van der Waals surface area contributed by atoms with Crippen LogP contribution in [0.1, 0.15) is 44.8 Å². The van der Waals surface area contributed by atoms with E-state index in [1.165, 1.54) is 6.42 Å². The fourth-order valence-electron chi connectivity index (χ4n) is 1.98. The fourth-order valence-corrected chi connectivity index (χ4v) is 1.98. The van der Waals surface area contributed by atoms with E-state index in [9.17, 15) is 0 Å². The van der Waals surface area contributed by atoms with Crippen molar-refractivity contribution in [2.75, 3.05) is 0 Å². The van der Waals surface area contributed by atoms with Crippen LogP contribution in [0.25, 0.3) is 0 Å². The number of aromatic nitrogens is 3. The van der Waals surface area contributed by atoms with E-state index >= 15 is 0 Å². The quantitative estimate of drug-likeness (QED) is 0.791. The Morgan fingerprint density at radius 1 is 1.50 bits per heavy atom. The molecule has 2 rings (SSSR count). The third-order valence-corrected chi connectivity index (χ3v) is 3.14. The first kappa shape index (κ1) is 9.65. The van der Waals surface area contributed by atoms with E-state index in [0.29, 0.717) is 17.2 Å². The molecule has 1 aliphatic carbocycles. The molecule has 0 amide bonds. The monoisotopic (exact) mass is 195 g/mol. The molecule has 1 aromatic rings. The first-order valence-corrected chi connectivity index (χ1v) is 5.13. The molecule has 1 atom stereocenters. The van der Waals surface area contributed by atoms with Crippen molar-refractivity contribution in [1.29, 1.82) is 0 Å². The molecule has 0 saturated heterocycles. The molecule has 1 aromatic heterocycles. The van der Waals surface area contributed by atoms with Gasteiger partial charge in [-0.15, -0.1) is 10.2 Å². The highest BCUT2D eigenvalue weighted by atomic mass is 16.3. The van der Waals surface area contributed by atoms with E-state index in [-0.39, 0.29) is 6.61 Å². The minimum absolute atomic E-state index is 0.0199. The number of aliphatic hydroxyl groups is 1. The van der Waals surface area contributed by atoms with Crippen LogP contribution in [0.4, 0.5) is 0 Å². The molecule has 1 fully saturated rings. The summed E-state index contributed by atoms with van der Waals surface area (Å²) in [5.41, 5.74) is 0.368. The zero-order chi connectivity index (χ0) is 10.3. The van der Waals surface area contributed by atoms with Gasteiger partial charge in [-0.1, -0.05) is 13.8 Å². The largest absolute Gasteiger partial charge is 0.388 e. The van der Waals surface area contributed by atoms with Crippen LogP contribution >= 0.6 is 0 Å². The van der Waals surface area contributed by atoms with Crippen molar-refractivity contribution in [3.63, 3.8) is 0 Å². The van der Waals surface area contributed by atoms with Gasteiger partial charge in [0, 0.05) is 12.5 Å². The lowest BCUT2D eigenvalue weighted by Gasteiger charge is -2.06. The van der Waals surface area contributed by atoms with E-state index in [2.05, 4.69) is 31.0 Å². The Morgan fingerprint density at radius 2 is 2.14 bits per heavy atom. The molecule has 1 unspecified atom stereocenters. The van der Waals surface area contributed by atoms with Crippen LogP contribution in [-0.4, -0.2) is 19.9 Å². The second-order valence-electron chi connectivity index (χ2n) is 4.62. The zero-order valence-electron chi connectivity index (χ0n) is 8.99. The standard InChI is InChI=1S/C10H17N3O/c1-4-13-8(6-14)11-12-9(13)7-5-10(7,2)3/h7,14H,4-6H2,1-3H3. The van der Waals surface area contributed by atoms with Gasteiger partial charge in [-0.2, -0.15) is 0 Å². The van der Waals surface area contributed by atoms with E-state index in [1.54, 1.807) is 0 Å². The van der Waals surface area contributed by atoms with E-state index < -0.39 is 0 Å². The average molecular weight is 195 g/mol. The Kier molecular flexibility index (Phi) is 2.10. The van der Waals surface area contributed by atoms with Gasteiger partial charge in [-0.05, 0) is 18.8 Å². The summed E-state index contributed by atoms with van der Waals surface area (Å²) < 4.78 is 2.03. The smallest absolute Gasteiger partial charge is 0.158 e. The van der Waals surface area contributed by atoms with E-state index in [4.69, 9.17) is 5.11 Å². The second kappa shape index (κ2) is 3.05. The van der Waals surface area contributed by atoms with Gasteiger partial charge in [0.25, 0.3) is 0 Å². The third-order valence-electron chi connectivity index (χ3n) is 3.14. The summed E-state index contributed by atoms with van der Waals surface area (Å²) in [6, 6.07) is 0. The lowest BCUT2D eigenvalue weighted by atomic mass is 10.1. The summed E-state index contributed by atoms with van der Waals surface area (Å²) >= 11 is 0. The van der Waals surface area contributed by atoms with Crippen molar-refractivity contribution in [3.05, 3.63) is 11.6 Å². The average Bonchev–Trinajstić information content (AvgIpc) is 2.64. The number of hydrogen-bond acceptors (Lipinski definition) is 3. The summed E-state index contributed by atoms with van der Waals surface area (Å²) in [4.78, 5) is 0. The van der Waals surface area contributed by atoms with Gasteiger partial charge in [0.2, 0.25) is 0 Å². The van der Waals surface area contributed by atoms with E-state index in [1.807, 2.05) is 4.57 Å².